The summed E-state index contributed by atoms with van der Waals surface area (Å²) in [6.45, 7) is 6.87. The Labute approximate surface area is 158 Å². The summed E-state index contributed by atoms with van der Waals surface area (Å²) >= 11 is 0. The normalized spacial score (nSPS) is 16.6. The van der Waals surface area contributed by atoms with Crippen molar-refractivity contribution in [3.05, 3.63) is 53.3 Å². The Hall–Kier alpha value is -2.77. The predicted octanol–water partition coefficient (Wildman–Crippen LogP) is 2.08. The van der Waals surface area contributed by atoms with E-state index in [0.717, 1.165) is 62.2 Å². The van der Waals surface area contributed by atoms with Crippen molar-refractivity contribution in [2.75, 3.05) is 31.2 Å². The molecule has 5 rings (SSSR count). The fourth-order valence-electron chi connectivity index (χ4n) is 3.67. The van der Waals surface area contributed by atoms with E-state index >= 15 is 0 Å². The van der Waals surface area contributed by atoms with Crippen molar-refractivity contribution >= 4 is 5.82 Å². The number of morpholine rings is 1. The summed E-state index contributed by atoms with van der Waals surface area (Å²) in [7, 11) is 0. The van der Waals surface area contributed by atoms with Crippen molar-refractivity contribution in [1.82, 2.24) is 25.1 Å². The van der Waals surface area contributed by atoms with E-state index in [1.807, 2.05) is 12.3 Å². The van der Waals surface area contributed by atoms with Gasteiger partial charge in [-0.05, 0) is 19.1 Å². The first-order valence-electron chi connectivity index (χ1n) is 9.34. The van der Waals surface area contributed by atoms with Gasteiger partial charge in [0.05, 0.1) is 24.6 Å². The second-order valence-electron chi connectivity index (χ2n) is 6.99. The molecule has 0 amide bonds. The van der Waals surface area contributed by atoms with Crippen LogP contribution in [0.3, 0.4) is 0 Å². The van der Waals surface area contributed by atoms with Crippen molar-refractivity contribution < 1.29 is 4.74 Å². The predicted molar refractivity (Wildman–Crippen MR) is 103 cm³/mol. The molecule has 4 heterocycles. The standard InChI is InChI=1S/C20H22N6O/c1-14-3-2-4-15(11-14)17-5-6-26(24-17)20-22-18-13-21-12-16(18)19(23-20)25-7-9-27-10-8-25/h2-6,11,21H,7-10,12-13H2,1H3. The second-order valence-corrected chi connectivity index (χ2v) is 6.99. The molecule has 2 aliphatic rings. The van der Waals surface area contributed by atoms with E-state index in [4.69, 9.17) is 19.8 Å². The van der Waals surface area contributed by atoms with E-state index in [1.54, 1.807) is 4.68 Å². The van der Waals surface area contributed by atoms with Crippen LogP contribution in [0.25, 0.3) is 17.2 Å². The van der Waals surface area contributed by atoms with E-state index in [9.17, 15) is 0 Å². The summed E-state index contributed by atoms with van der Waals surface area (Å²) < 4.78 is 7.28. The zero-order valence-electron chi connectivity index (χ0n) is 15.4. The number of ether oxygens (including phenoxy) is 1. The Balaban J connectivity index is 1.54. The summed E-state index contributed by atoms with van der Waals surface area (Å²) in [5.74, 6) is 1.63. The van der Waals surface area contributed by atoms with Crippen molar-refractivity contribution in [3.8, 4) is 17.2 Å². The van der Waals surface area contributed by atoms with Gasteiger partial charge in [-0.25, -0.2) is 9.67 Å². The summed E-state index contributed by atoms with van der Waals surface area (Å²) in [6, 6.07) is 10.4. The summed E-state index contributed by atoms with van der Waals surface area (Å²) in [5.41, 5.74) is 5.51. The molecule has 0 bridgehead atoms. The fraction of sp³-hybridized carbons (Fsp3) is 0.350. The average Bonchev–Trinajstić information content (AvgIpc) is 3.37. The van der Waals surface area contributed by atoms with Crippen LogP contribution in [-0.2, 0) is 17.8 Å². The van der Waals surface area contributed by atoms with Crippen LogP contribution in [0.2, 0.25) is 0 Å². The second kappa shape index (κ2) is 6.75. The zero-order valence-corrected chi connectivity index (χ0v) is 15.4. The molecule has 1 fully saturated rings. The molecule has 0 saturated carbocycles. The van der Waals surface area contributed by atoms with Crippen LogP contribution in [0.4, 0.5) is 5.82 Å². The third kappa shape index (κ3) is 3.09. The maximum absolute atomic E-state index is 5.50. The van der Waals surface area contributed by atoms with Crippen LogP contribution in [0.15, 0.2) is 36.5 Å². The van der Waals surface area contributed by atoms with Gasteiger partial charge in [0.1, 0.15) is 5.82 Å². The number of nitrogens with zero attached hydrogens (tertiary/aromatic N) is 5. The number of benzene rings is 1. The number of hydrogen-bond donors (Lipinski definition) is 1. The van der Waals surface area contributed by atoms with Crippen molar-refractivity contribution in [2.24, 2.45) is 0 Å². The molecule has 27 heavy (non-hydrogen) atoms. The number of aromatic nitrogens is 4. The highest BCUT2D eigenvalue weighted by Gasteiger charge is 2.24. The average molecular weight is 362 g/mol. The third-order valence-corrected chi connectivity index (χ3v) is 5.07. The molecule has 3 aromatic rings. The maximum atomic E-state index is 5.50. The molecule has 0 aliphatic carbocycles. The van der Waals surface area contributed by atoms with Crippen LogP contribution < -0.4 is 10.2 Å². The highest BCUT2D eigenvalue weighted by Crippen LogP contribution is 2.27. The Morgan fingerprint density at radius 3 is 2.81 bits per heavy atom. The van der Waals surface area contributed by atoms with Crippen molar-refractivity contribution in [2.45, 2.75) is 20.0 Å². The Kier molecular flexibility index (Phi) is 4.10. The topological polar surface area (TPSA) is 68.1 Å². The summed E-state index contributed by atoms with van der Waals surface area (Å²) in [5, 5.41) is 8.12. The summed E-state index contributed by atoms with van der Waals surface area (Å²) in [4.78, 5) is 12.0. The lowest BCUT2D eigenvalue weighted by Crippen LogP contribution is -2.37. The van der Waals surface area contributed by atoms with Crippen molar-refractivity contribution in [3.63, 3.8) is 0 Å². The Morgan fingerprint density at radius 1 is 1.07 bits per heavy atom. The minimum atomic E-state index is 0.623. The van der Waals surface area contributed by atoms with Crippen LogP contribution in [-0.4, -0.2) is 46.1 Å². The molecule has 0 radical (unpaired) electrons. The van der Waals surface area contributed by atoms with Gasteiger partial charge in [0.15, 0.2) is 0 Å². The van der Waals surface area contributed by atoms with Gasteiger partial charge in [-0.1, -0.05) is 23.8 Å². The maximum Gasteiger partial charge on any atom is 0.252 e. The first-order valence-corrected chi connectivity index (χ1v) is 9.34. The molecule has 2 aromatic heterocycles. The van der Waals surface area contributed by atoms with Gasteiger partial charge in [-0.2, -0.15) is 10.1 Å². The van der Waals surface area contributed by atoms with Gasteiger partial charge in [-0.3, -0.25) is 0 Å². The van der Waals surface area contributed by atoms with Crippen LogP contribution in [0.5, 0.6) is 0 Å². The molecular weight excluding hydrogens is 340 g/mol. The Bertz CT molecular complexity index is 976. The van der Waals surface area contributed by atoms with E-state index < -0.39 is 0 Å². The Morgan fingerprint density at radius 2 is 1.96 bits per heavy atom. The van der Waals surface area contributed by atoms with Crippen LogP contribution in [0, 0.1) is 6.92 Å². The molecule has 138 valence electrons. The highest BCUT2D eigenvalue weighted by molar-refractivity contribution is 5.60. The first-order chi connectivity index (χ1) is 13.3. The SMILES string of the molecule is Cc1cccc(-c2ccn(-c3nc4c(c(N5CCOCC5)n3)CNC4)n2)c1. The quantitative estimate of drug-likeness (QED) is 0.769. The van der Waals surface area contributed by atoms with Gasteiger partial charge < -0.3 is 15.0 Å². The zero-order chi connectivity index (χ0) is 18.2. The molecular formula is C20H22N6O. The van der Waals surface area contributed by atoms with Gasteiger partial charge in [0.2, 0.25) is 0 Å². The summed E-state index contributed by atoms with van der Waals surface area (Å²) in [6.07, 6.45) is 1.94. The molecule has 1 saturated heterocycles. The van der Waals surface area contributed by atoms with Gasteiger partial charge in [-0.15, -0.1) is 0 Å². The third-order valence-electron chi connectivity index (χ3n) is 5.07. The molecule has 2 aliphatic heterocycles. The smallest absolute Gasteiger partial charge is 0.252 e. The molecule has 0 atom stereocenters. The molecule has 7 heteroatoms. The fourth-order valence-corrected chi connectivity index (χ4v) is 3.67. The van der Waals surface area contributed by atoms with E-state index in [-0.39, 0.29) is 0 Å². The largest absolute Gasteiger partial charge is 0.378 e. The monoisotopic (exact) mass is 362 g/mol. The lowest BCUT2D eigenvalue weighted by molar-refractivity contribution is 0.122. The number of anilines is 1. The lowest BCUT2D eigenvalue weighted by Gasteiger charge is -2.29. The van der Waals surface area contributed by atoms with E-state index in [1.165, 1.54) is 11.1 Å². The minimum Gasteiger partial charge on any atom is -0.378 e. The minimum absolute atomic E-state index is 0.623. The molecule has 0 unspecified atom stereocenters. The molecule has 7 nitrogen and oxygen atoms in total. The highest BCUT2D eigenvalue weighted by atomic mass is 16.5. The number of hydrogen-bond acceptors (Lipinski definition) is 6. The number of fused-ring (bicyclic) bond motifs is 1. The first kappa shape index (κ1) is 16.4. The number of aryl methyl sites for hydroxylation is 1. The van der Waals surface area contributed by atoms with Gasteiger partial charge in [0, 0.05) is 43.5 Å². The molecule has 0 spiro atoms. The molecule has 1 aromatic carbocycles. The number of nitrogens with one attached hydrogen (secondary N) is 1. The van der Waals surface area contributed by atoms with E-state index in [0.29, 0.717) is 5.95 Å². The number of rotatable bonds is 3. The van der Waals surface area contributed by atoms with Gasteiger partial charge >= 0.3 is 0 Å². The molecule has 1 N–H and O–H groups in total. The van der Waals surface area contributed by atoms with Crippen molar-refractivity contribution in [1.29, 1.82) is 0 Å². The van der Waals surface area contributed by atoms with Gasteiger partial charge in [0.25, 0.3) is 5.95 Å². The van der Waals surface area contributed by atoms with Crippen LogP contribution in [0.1, 0.15) is 16.8 Å². The van der Waals surface area contributed by atoms with E-state index in [2.05, 4.69) is 41.4 Å². The lowest BCUT2D eigenvalue weighted by atomic mass is 10.1. The van der Waals surface area contributed by atoms with Crippen LogP contribution >= 0.6 is 0 Å².